The zero-order chi connectivity index (χ0) is 13.0. The highest BCUT2D eigenvalue weighted by Gasteiger charge is 2.19. The lowest BCUT2D eigenvalue weighted by atomic mass is 10.1. The first-order valence-electron chi connectivity index (χ1n) is 5.24. The fourth-order valence-corrected chi connectivity index (χ4v) is 1.24. The summed E-state index contributed by atoms with van der Waals surface area (Å²) in [7, 11) is 0. The van der Waals surface area contributed by atoms with E-state index in [1.54, 1.807) is 0 Å². The quantitative estimate of drug-likeness (QED) is 0.522. The van der Waals surface area contributed by atoms with Crippen molar-refractivity contribution in [3.8, 4) is 0 Å². The number of nitrogen functional groups attached to an aromatic ring is 1. The summed E-state index contributed by atoms with van der Waals surface area (Å²) in [5.41, 5.74) is 5.36. The van der Waals surface area contributed by atoms with Gasteiger partial charge < -0.3 is 16.2 Å². The van der Waals surface area contributed by atoms with Crippen molar-refractivity contribution in [3.05, 3.63) is 22.2 Å². The number of nitrogens with one attached hydrogen (secondary N) is 1. The van der Waals surface area contributed by atoms with Crippen LogP contribution in [0.1, 0.15) is 13.8 Å². The first-order chi connectivity index (χ1) is 7.95. The number of pyridine rings is 1. The van der Waals surface area contributed by atoms with Crippen LogP contribution in [0.4, 0.5) is 17.3 Å². The second-order valence-electron chi connectivity index (χ2n) is 3.95. The van der Waals surface area contributed by atoms with E-state index in [-0.39, 0.29) is 35.9 Å². The van der Waals surface area contributed by atoms with Crippen LogP contribution in [0, 0.1) is 16.0 Å². The molecule has 0 saturated carbocycles. The number of nitrogens with two attached hydrogens (primary N) is 1. The van der Waals surface area contributed by atoms with Gasteiger partial charge in [0.25, 0.3) is 0 Å². The number of hydrogen-bond donors (Lipinski definition) is 3. The van der Waals surface area contributed by atoms with E-state index in [2.05, 4.69) is 10.3 Å². The summed E-state index contributed by atoms with van der Waals surface area (Å²) in [6, 6.07) is 2.54. The molecule has 0 aliphatic carbocycles. The zero-order valence-corrected chi connectivity index (χ0v) is 9.75. The largest absolute Gasteiger partial charge is 0.396 e. The predicted octanol–water partition coefficient (Wildman–Crippen LogP) is 1.00. The van der Waals surface area contributed by atoms with Gasteiger partial charge in [-0.2, -0.15) is 0 Å². The molecule has 0 fully saturated rings. The summed E-state index contributed by atoms with van der Waals surface area (Å²) in [6.07, 6.45) is 0. The molecule has 0 aromatic carbocycles. The molecule has 94 valence electrons. The number of aliphatic hydroxyl groups excluding tert-OH is 1. The molecule has 0 saturated heterocycles. The Kier molecular flexibility index (Phi) is 4.22. The Morgan fingerprint density at radius 3 is 2.76 bits per heavy atom. The van der Waals surface area contributed by atoms with Crippen LogP contribution in [0.5, 0.6) is 0 Å². The lowest BCUT2D eigenvalue weighted by Crippen LogP contribution is -2.27. The summed E-state index contributed by atoms with van der Waals surface area (Å²) in [5.74, 6) is 0.294. The van der Waals surface area contributed by atoms with Crippen LogP contribution >= 0.6 is 0 Å². The maximum absolute atomic E-state index is 10.8. The lowest BCUT2D eigenvalue weighted by Gasteiger charge is -2.19. The van der Waals surface area contributed by atoms with Gasteiger partial charge in [0.05, 0.1) is 4.92 Å². The molecule has 1 aromatic rings. The number of hydrogen-bond acceptors (Lipinski definition) is 6. The van der Waals surface area contributed by atoms with Gasteiger partial charge in [0.2, 0.25) is 5.82 Å². The number of anilines is 2. The highest BCUT2D eigenvalue weighted by atomic mass is 16.6. The maximum atomic E-state index is 10.8. The molecule has 7 nitrogen and oxygen atoms in total. The minimum absolute atomic E-state index is 0.00964. The van der Waals surface area contributed by atoms with Gasteiger partial charge in [-0.25, -0.2) is 4.98 Å². The molecule has 0 radical (unpaired) electrons. The molecule has 2 atom stereocenters. The van der Waals surface area contributed by atoms with Crippen molar-refractivity contribution in [2.75, 3.05) is 17.7 Å². The average molecular weight is 240 g/mol. The fourth-order valence-electron chi connectivity index (χ4n) is 1.24. The summed E-state index contributed by atoms with van der Waals surface area (Å²) in [6.45, 7) is 3.63. The van der Waals surface area contributed by atoms with E-state index < -0.39 is 4.92 Å². The third-order valence-electron chi connectivity index (χ3n) is 2.60. The Bertz CT molecular complexity index is 411. The van der Waals surface area contributed by atoms with Gasteiger partial charge in [0, 0.05) is 18.7 Å². The normalized spacial score (nSPS) is 14.1. The SMILES string of the molecule is CC(CO)C(C)Nc1nc(N)ccc1[N+](=O)[O-]. The van der Waals surface area contributed by atoms with Gasteiger partial charge in [-0.15, -0.1) is 0 Å². The number of aliphatic hydroxyl groups is 1. The zero-order valence-electron chi connectivity index (χ0n) is 9.75. The molecule has 4 N–H and O–H groups in total. The molecule has 1 rings (SSSR count). The minimum atomic E-state index is -0.523. The Morgan fingerprint density at radius 2 is 2.24 bits per heavy atom. The minimum Gasteiger partial charge on any atom is -0.396 e. The highest BCUT2D eigenvalue weighted by Crippen LogP contribution is 2.24. The first-order valence-corrected chi connectivity index (χ1v) is 5.24. The number of nitrogens with zero attached hydrogens (tertiary/aromatic N) is 2. The second kappa shape index (κ2) is 5.44. The third kappa shape index (κ3) is 3.28. The molecule has 0 aliphatic rings. The van der Waals surface area contributed by atoms with Crippen molar-refractivity contribution >= 4 is 17.3 Å². The molecule has 0 spiro atoms. The molecular formula is C10H16N4O3. The van der Waals surface area contributed by atoms with E-state index in [0.29, 0.717) is 0 Å². The highest BCUT2D eigenvalue weighted by molar-refractivity contribution is 5.59. The van der Waals surface area contributed by atoms with Gasteiger partial charge in [-0.3, -0.25) is 10.1 Å². The van der Waals surface area contributed by atoms with Crippen molar-refractivity contribution < 1.29 is 10.0 Å². The van der Waals surface area contributed by atoms with E-state index in [1.165, 1.54) is 12.1 Å². The summed E-state index contributed by atoms with van der Waals surface area (Å²) >= 11 is 0. The number of rotatable bonds is 5. The van der Waals surface area contributed by atoms with Crippen LogP contribution < -0.4 is 11.1 Å². The monoisotopic (exact) mass is 240 g/mol. The number of aromatic nitrogens is 1. The Hall–Kier alpha value is -1.89. The van der Waals surface area contributed by atoms with Crippen molar-refractivity contribution in [2.24, 2.45) is 5.92 Å². The number of nitro groups is 1. The van der Waals surface area contributed by atoms with Crippen LogP contribution in [-0.4, -0.2) is 27.7 Å². The van der Waals surface area contributed by atoms with Gasteiger partial charge in [-0.1, -0.05) is 6.92 Å². The standard InChI is InChI=1S/C10H16N4O3/c1-6(5-15)7(2)12-10-8(14(16)17)3-4-9(11)13-10/h3-4,6-7,15H,5H2,1-2H3,(H3,11,12,13). The lowest BCUT2D eigenvalue weighted by molar-refractivity contribution is -0.384. The molecule has 1 aromatic heterocycles. The van der Waals surface area contributed by atoms with Crippen molar-refractivity contribution in [1.82, 2.24) is 4.98 Å². The second-order valence-corrected chi connectivity index (χ2v) is 3.95. The fraction of sp³-hybridized carbons (Fsp3) is 0.500. The Balaban J connectivity index is 2.96. The molecular weight excluding hydrogens is 224 g/mol. The third-order valence-corrected chi connectivity index (χ3v) is 2.60. The van der Waals surface area contributed by atoms with E-state index in [1.807, 2.05) is 13.8 Å². The summed E-state index contributed by atoms with van der Waals surface area (Å²) in [4.78, 5) is 14.2. The maximum Gasteiger partial charge on any atom is 0.311 e. The topological polar surface area (TPSA) is 114 Å². The molecule has 1 heterocycles. The van der Waals surface area contributed by atoms with Crippen LogP contribution in [-0.2, 0) is 0 Å². The van der Waals surface area contributed by atoms with Gasteiger partial charge >= 0.3 is 5.69 Å². The van der Waals surface area contributed by atoms with Gasteiger partial charge in [0.15, 0.2) is 0 Å². The van der Waals surface area contributed by atoms with Crippen LogP contribution in [0.25, 0.3) is 0 Å². The van der Waals surface area contributed by atoms with E-state index in [0.717, 1.165) is 0 Å². The van der Waals surface area contributed by atoms with Crippen LogP contribution in [0.15, 0.2) is 12.1 Å². The smallest absolute Gasteiger partial charge is 0.311 e. The van der Waals surface area contributed by atoms with E-state index in [9.17, 15) is 10.1 Å². The Labute approximate surface area is 98.8 Å². The first kappa shape index (κ1) is 13.2. The van der Waals surface area contributed by atoms with Crippen molar-refractivity contribution in [3.63, 3.8) is 0 Å². The van der Waals surface area contributed by atoms with E-state index >= 15 is 0 Å². The Morgan fingerprint density at radius 1 is 1.59 bits per heavy atom. The average Bonchev–Trinajstić information content (AvgIpc) is 2.27. The van der Waals surface area contributed by atoms with E-state index in [4.69, 9.17) is 10.8 Å². The molecule has 7 heteroatoms. The van der Waals surface area contributed by atoms with Crippen LogP contribution in [0.2, 0.25) is 0 Å². The molecule has 17 heavy (non-hydrogen) atoms. The summed E-state index contributed by atoms with van der Waals surface area (Å²) < 4.78 is 0. The van der Waals surface area contributed by atoms with Gasteiger partial charge in [0.1, 0.15) is 5.82 Å². The molecule has 2 unspecified atom stereocenters. The van der Waals surface area contributed by atoms with Crippen LogP contribution in [0.3, 0.4) is 0 Å². The molecule has 0 amide bonds. The van der Waals surface area contributed by atoms with Crippen molar-refractivity contribution in [1.29, 1.82) is 0 Å². The predicted molar refractivity (Wildman–Crippen MR) is 64.6 cm³/mol. The summed E-state index contributed by atoms with van der Waals surface area (Å²) in [5, 5.41) is 22.7. The van der Waals surface area contributed by atoms with Crippen molar-refractivity contribution in [2.45, 2.75) is 19.9 Å². The van der Waals surface area contributed by atoms with Gasteiger partial charge in [-0.05, 0) is 18.9 Å². The molecule has 0 aliphatic heterocycles. The molecule has 0 bridgehead atoms.